The summed E-state index contributed by atoms with van der Waals surface area (Å²) in [5.74, 6) is 0.909. The molecule has 1 aliphatic carbocycles. The average molecular weight is 284 g/mol. The van der Waals surface area contributed by atoms with E-state index in [1.165, 1.54) is 29.5 Å². The van der Waals surface area contributed by atoms with Gasteiger partial charge in [0.15, 0.2) is 0 Å². The zero-order chi connectivity index (χ0) is 11.9. The predicted octanol–water partition coefficient (Wildman–Crippen LogP) is 3.06. The fourth-order valence-corrected chi connectivity index (χ4v) is 3.07. The summed E-state index contributed by atoms with van der Waals surface area (Å²) in [6.45, 7) is 5.03. The van der Waals surface area contributed by atoms with E-state index < -0.39 is 0 Å². The predicted molar refractivity (Wildman–Crippen MR) is 70.1 cm³/mol. The lowest BCUT2D eigenvalue weighted by atomic mass is 9.88. The molecule has 0 spiro atoms. The molecule has 0 radical (unpaired) electrons. The number of ether oxygens (including phenoxy) is 1. The van der Waals surface area contributed by atoms with Crippen molar-refractivity contribution in [3.8, 4) is 5.75 Å². The highest BCUT2D eigenvalue weighted by Gasteiger charge is 2.45. The van der Waals surface area contributed by atoms with Crippen LogP contribution in [0.15, 0.2) is 10.5 Å². The minimum absolute atomic E-state index is 0.239. The normalized spacial score (nSPS) is 17.3. The van der Waals surface area contributed by atoms with Gasteiger partial charge in [0.2, 0.25) is 0 Å². The van der Waals surface area contributed by atoms with E-state index in [0.29, 0.717) is 0 Å². The van der Waals surface area contributed by atoms with Crippen LogP contribution in [-0.4, -0.2) is 13.7 Å². The van der Waals surface area contributed by atoms with Crippen LogP contribution in [0.5, 0.6) is 5.75 Å². The van der Waals surface area contributed by atoms with Crippen molar-refractivity contribution in [2.24, 2.45) is 5.73 Å². The first-order valence-electron chi connectivity index (χ1n) is 5.60. The summed E-state index contributed by atoms with van der Waals surface area (Å²) in [4.78, 5) is 0. The molecule has 3 heteroatoms. The van der Waals surface area contributed by atoms with Gasteiger partial charge in [-0.25, -0.2) is 0 Å². The van der Waals surface area contributed by atoms with Crippen LogP contribution in [0.3, 0.4) is 0 Å². The number of benzene rings is 1. The van der Waals surface area contributed by atoms with Crippen LogP contribution in [0.1, 0.15) is 29.5 Å². The quantitative estimate of drug-likeness (QED) is 0.925. The van der Waals surface area contributed by atoms with Crippen LogP contribution in [0.2, 0.25) is 0 Å². The molecule has 1 aromatic carbocycles. The van der Waals surface area contributed by atoms with Crippen LogP contribution < -0.4 is 10.5 Å². The molecule has 2 nitrogen and oxygen atoms in total. The molecule has 2 rings (SSSR count). The van der Waals surface area contributed by atoms with Crippen molar-refractivity contribution in [3.63, 3.8) is 0 Å². The molecule has 0 aliphatic heterocycles. The fourth-order valence-electron chi connectivity index (χ4n) is 2.59. The molecule has 1 saturated carbocycles. The van der Waals surface area contributed by atoms with Gasteiger partial charge >= 0.3 is 0 Å². The van der Waals surface area contributed by atoms with E-state index in [4.69, 9.17) is 10.5 Å². The Bertz CT molecular complexity index is 424. The monoisotopic (exact) mass is 283 g/mol. The molecule has 0 bridgehead atoms. The highest BCUT2D eigenvalue weighted by molar-refractivity contribution is 9.10. The van der Waals surface area contributed by atoms with Crippen LogP contribution in [-0.2, 0) is 5.41 Å². The number of hydrogen-bond donors (Lipinski definition) is 1. The van der Waals surface area contributed by atoms with Crippen molar-refractivity contribution in [2.75, 3.05) is 13.7 Å². The number of nitrogens with two attached hydrogens (primary N) is 1. The smallest absolute Gasteiger partial charge is 0.133 e. The minimum Gasteiger partial charge on any atom is -0.496 e. The first kappa shape index (κ1) is 11.9. The number of hydrogen-bond acceptors (Lipinski definition) is 2. The maximum absolute atomic E-state index is 5.91. The van der Waals surface area contributed by atoms with Gasteiger partial charge in [-0.3, -0.25) is 0 Å². The minimum atomic E-state index is 0.239. The lowest BCUT2D eigenvalue weighted by molar-refractivity contribution is 0.411. The molecule has 0 saturated heterocycles. The van der Waals surface area contributed by atoms with E-state index in [-0.39, 0.29) is 5.41 Å². The Kier molecular flexibility index (Phi) is 3.01. The molecular weight excluding hydrogens is 266 g/mol. The van der Waals surface area contributed by atoms with Crippen molar-refractivity contribution in [2.45, 2.75) is 32.1 Å². The molecule has 0 atom stereocenters. The third-order valence-electron chi connectivity index (χ3n) is 3.66. The highest BCUT2D eigenvalue weighted by atomic mass is 79.9. The van der Waals surface area contributed by atoms with Crippen molar-refractivity contribution in [1.29, 1.82) is 0 Å². The SMILES string of the molecule is COc1cc(C)c(C2(CN)CC2)c(C)c1Br. The van der Waals surface area contributed by atoms with Crippen molar-refractivity contribution in [1.82, 2.24) is 0 Å². The summed E-state index contributed by atoms with van der Waals surface area (Å²) in [6.07, 6.45) is 2.42. The fraction of sp³-hybridized carbons (Fsp3) is 0.538. The van der Waals surface area contributed by atoms with Gasteiger partial charge in [0.05, 0.1) is 11.6 Å². The summed E-state index contributed by atoms with van der Waals surface area (Å²) in [7, 11) is 1.70. The number of aryl methyl sites for hydroxylation is 1. The maximum Gasteiger partial charge on any atom is 0.133 e. The van der Waals surface area contributed by atoms with Gasteiger partial charge in [0.1, 0.15) is 5.75 Å². The van der Waals surface area contributed by atoms with E-state index in [2.05, 4.69) is 35.8 Å². The molecule has 0 heterocycles. The Labute approximate surface area is 105 Å². The van der Waals surface area contributed by atoms with Gasteiger partial charge in [-0.15, -0.1) is 0 Å². The molecule has 88 valence electrons. The molecule has 0 aromatic heterocycles. The van der Waals surface area contributed by atoms with Crippen LogP contribution in [0.4, 0.5) is 0 Å². The second kappa shape index (κ2) is 4.04. The second-order valence-corrected chi connectivity index (χ2v) is 5.49. The first-order valence-corrected chi connectivity index (χ1v) is 6.39. The van der Waals surface area contributed by atoms with Crippen LogP contribution in [0, 0.1) is 13.8 Å². The van der Waals surface area contributed by atoms with Gasteiger partial charge in [-0.2, -0.15) is 0 Å². The molecule has 16 heavy (non-hydrogen) atoms. The largest absolute Gasteiger partial charge is 0.496 e. The molecular formula is C13H18BrNO. The average Bonchev–Trinajstić information content (AvgIpc) is 3.04. The van der Waals surface area contributed by atoms with Gasteiger partial charge in [0.25, 0.3) is 0 Å². The Hall–Kier alpha value is -0.540. The lowest BCUT2D eigenvalue weighted by Gasteiger charge is -2.21. The Morgan fingerprint density at radius 3 is 2.50 bits per heavy atom. The Balaban J connectivity index is 2.59. The Morgan fingerprint density at radius 1 is 1.44 bits per heavy atom. The second-order valence-electron chi connectivity index (χ2n) is 4.69. The van der Waals surface area contributed by atoms with E-state index in [1.54, 1.807) is 7.11 Å². The zero-order valence-electron chi connectivity index (χ0n) is 10.1. The van der Waals surface area contributed by atoms with E-state index in [1.807, 2.05) is 0 Å². The summed E-state index contributed by atoms with van der Waals surface area (Å²) in [6, 6.07) is 2.10. The van der Waals surface area contributed by atoms with Gasteiger partial charge in [0, 0.05) is 12.0 Å². The van der Waals surface area contributed by atoms with Gasteiger partial charge in [-0.05, 0) is 65.4 Å². The van der Waals surface area contributed by atoms with Gasteiger partial charge in [-0.1, -0.05) is 0 Å². The van der Waals surface area contributed by atoms with E-state index >= 15 is 0 Å². The summed E-state index contributed by atoms with van der Waals surface area (Å²) in [5, 5.41) is 0. The molecule has 0 unspecified atom stereocenters. The van der Waals surface area contributed by atoms with Gasteiger partial charge < -0.3 is 10.5 Å². The zero-order valence-corrected chi connectivity index (χ0v) is 11.6. The molecule has 1 aromatic rings. The van der Waals surface area contributed by atoms with Crippen molar-refractivity contribution < 1.29 is 4.74 Å². The van der Waals surface area contributed by atoms with Crippen molar-refractivity contribution >= 4 is 15.9 Å². The number of halogens is 1. The third kappa shape index (κ3) is 1.66. The van der Waals surface area contributed by atoms with Crippen molar-refractivity contribution in [3.05, 3.63) is 27.2 Å². The van der Waals surface area contributed by atoms with Crippen LogP contribution >= 0.6 is 15.9 Å². The molecule has 2 N–H and O–H groups in total. The lowest BCUT2D eigenvalue weighted by Crippen LogP contribution is -2.22. The topological polar surface area (TPSA) is 35.2 Å². The third-order valence-corrected chi connectivity index (χ3v) is 4.64. The summed E-state index contributed by atoms with van der Waals surface area (Å²) < 4.78 is 6.42. The maximum atomic E-state index is 5.91. The van der Waals surface area contributed by atoms with Crippen LogP contribution in [0.25, 0.3) is 0 Å². The number of rotatable bonds is 3. The molecule has 1 fully saturated rings. The highest BCUT2D eigenvalue weighted by Crippen LogP contribution is 2.51. The van der Waals surface area contributed by atoms with E-state index in [9.17, 15) is 0 Å². The number of methoxy groups -OCH3 is 1. The van der Waals surface area contributed by atoms with E-state index in [0.717, 1.165) is 16.8 Å². The standard InChI is InChI=1S/C13H18BrNO/c1-8-6-10(16-3)12(14)9(2)11(8)13(7-15)4-5-13/h6H,4-5,7,15H2,1-3H3. The Morgan fingerprint density at radius 2 is 2.06 bits per heavy atom. The first-order chi connectivity index (χ1) is 7.55. The molecule has 1 aliphatic rings. The molecule has 0 amide bonds. The summed E-state index contributed by atoms with van der Waals surface area (Å²) in [5.41, 5.74) is 10.1. The summed E-state index contributed by atoms with van der Waals surface area (Å²) >= 11 is 3.61.